The van der Waals surface area contributed by atoms with Gasteiger partial charge in [0.1, 0.15) is 5.75 Å². The Hall–Kier alpha value is -2.54. The molecule has 0 saturated carbocycles. The molecule has 0 radical (unpaired) electrons. The SMILES string of the molecule is COc1ccc(S(=O)(=O)Nc2ccc(C)c(C)c2)cc1C(=O)NC(C)C. The standard InChI is InChI=1S/C19H24N2O4S/c1-12(2)20-19(22)17-11-16(8-9-18(17)25-5)26(23,24)21-15-7-6-13(3)14(4)10-15/h6-12,21H,1-5H3,(H,20,22). The highest BCUT2D eigenvalue weighted by Crippen LogP contribution is 2.25. The first-order valence-electron chi connectivity index (χ1n) is 8.23. The lowest BCUT2D eigenvalue weighted by Crippen LogP contribution is -2.30. The second-order valence-corrected chi connectivity index (χ2v) is 8.08. The molecule has 2 aromatic carbocycles. The summed E-state index contributed by atoms with van der Waals surface area (Å²) in [6.07, 6.45) is 0. The first-order valence-corrected chi connectivity index (χ1v) is 9.71. The Labute approximate surface area is 154 Å². The van der Waals surface area contributed by atoms with Crippen LogP contribution in [-0.2, 0) is 10.0 Å². The molecule has 26 heavy (non-hydrogen) atoms. The molecule has 2 N–H and O–H groups in total. The van der Waals surface area contributed by atoms with E-state index in [0.29, 0.717) is 11.4 Å². The van der Waals surface area contributed by atoms with Gasteiger partial charge in [-0.25, -0.2) is 8.42 Å². The minimum absolute atomic E-state index is 0.00886. The molecule has 2 rings (SSSR count). The molecule has 0 saturated heterocycles. The Morgan fingerprint density at radius 1 is 1.04 bits per heavy atom. The van der Waals surface area contributed by atoms with Crippen LogP contribution in [-0.4, -0.2) is 27.5 Å². The fourth-order valence-electron chi connectivity index (χ4n) is 2.39. The van der Waals surface area contributed by atoms with Gasteiger partial charge >= 0.3 is 0 Å². The zero-order valence-electron chi connectivity index (χ0n) is 15.6. The Kier molecular flexibility index (Phi) is 5.92. The topological polar surface area (TPSA) is 84.5 Å². The first kappa shape index (κ1) is 19.8. The van der Waals surface area contributed by atoms with Crippen LogP contribution < -0.4 is 14.8 Å². The van der Waals surface area contributed by atoms with Crippen LogP contribution in [0.15, 0.2) is 41.3 Å². The maximum Gasteiger partial charge on any atom is 0.261 e. The summed E-state index contributed by atoms with van der Waals surface area (Å²) in [7, 11) is -2.40. The van der Waals surface area contributed by atoms with Gasteiger partial charge in [0.15, 0.2) is 0 Å². The van der Waals surface area contributed by atoms with Crippen molar-refractivity contribution in [3.8, 4) is 5.75 Å². The fourth-order valence-corrected chi connectivity index (χ4v) is 3.47. The van der Waals surface area contributed by atoms with Crippen LogP contribution >= 0.6 is 0 Å². The summed E-state index contributed by atoms with van der Waals surface area (Å²) in [5.41, 5.74) is 2.70. The molecule has 0 fully saturated rings. The van der Waals surface area contributed by atoms with E-state index in [4.69, 9.17) is 4.74 Å². The highest BCUT2D eigenvalue weighted by molar-refractivity contribution is 7.92. The smallest absolute Gasteiger partial charge is 0.261 e. The molecular formula is C19H24N2O4S. The average molecular weight is 376 g/mol. The van der Waals surface area contributed by atoms with E-state index in [1.54, 1.807) is 12.1 Å². The van der Waals surface area contributed by atoms with E-state index in [9.17, 15) is 13.2 Å². The summed E-state index contributed by atoms with van der Waals surface area (Å²) >= 11 is 0. The Bertz CT molecular complexity index is 921. The Morgan fingerprint density at radius 2 is 1.73 bits per heavy atom. The average Bonchev–Trinajstić information content (AvgIpc) is 2.56. The van der Waals surface area contributed by atoms with E-state index in [1.807, 2.05) is 33.8 Å². The van der Waals surface area contributed by atoms with E-state index in [1.165, 1.54) is 25.3 Å². The lowest BCUT2D eigenvalue weighted by Gasteiger charge is -2.14. The molecule has 0 spiro atoms. The number of hydrogen-bond acceptors (Lipinski definition) is 4. The van der Waals surface area contributed by atoms with Crippen LogP contribution in [0.1, 0.15) is 35.3 Å². The molecule has 0 atom stereocenters. The summed E-state index contributed by atoms with van der Waals surface area (Å²) in [6, 6.07) is 9.45. The monoisotopic (exact) mass is 376 g/mol. The maximum atomic E-state index is 12.7. The maximum absolute atomic E-state index is 12.7. The lowest BCUT2D eigenvalue weighted by molar-refractivity contribution is 0.0940. The summed E-state index contributed by atoms with van der Waals surface area (Å²) in [6.45, 7) is 7.52. The highest BCUT2D eigenvalue weighted by atomic mass is 32.2. The van der Waals surface area contributed by atoms with Gasteiger partial charge in [-0.1, -0.05) is 6.07 Å². The molecule has 0 bridgehead atoms. The minimum Gasteiger partial charge on any atom is -0.496 e. The number of aryl methyl sites for hydroxylation is 2. The quantitative estimate of drug-likeness (QED) is 0.810. The van der Waals surface area contributed by atoms with Crippen molar-refractivity contribution in [3.63, 3.8) is 0 Å². The molecule has 0 aliphatic rings. The van der Waals surface area contributed by atoms with Gasteiger partial charge in [0.25, 0.3) is 15.9 Å². The lowest BCUT2D eigenvalue weighted by atomic mass is 10.1. The number of anilines is 1. The van der Waals surface area contributed by atoms with E-state index in [0.717, 1.165) is 11.1 Å². The molecule has 0 aliphatic carbocycles. The number of benzene rings is 2. The van der Waals surface area contributed by atoms with Crippen LogP contribution in [0, 0.1) is 13.8 Å². The third kappa shape index (κ3) is 4.54. The molecule has 0 aromatic heterocycles. The zero-order valence-corrected chi connectivity index (χ0v) is 16.4. The Morgan fingerprint density at radius 3 is 2.31 bits per heavy atom. The summed E-state index contributed by atoms with van der Waals surface area (Å²) in [4.78, 5) is 12.3. The van der Waals surface area contributed by atoms with Crippen molar-refractivity contribution in [2.24, 2.45) is 0 Å². The van der Waals surface area contributed by atoms with Gasteiger partial charge in [-0.05, 0) is 69.2 Å². The van der Waals surface area contributed by atoms with Crippen molar-refractivity contribution in [2.75, 3.05) is 11.8 Å². The van der Waals surface area contributed by atoms with Gasteiger partial charge in [-0.15, -0.1) is 0 Å². The molecule has 2 aromatic rings. The number of sulfonamides is 1. The van der Waals surface area contributed by atoms with Crippen molar-refractivity contribution in [1.29, 1.82) is 0 Å². The second-order valence-electron chi connectivity index (χ2n) is 6.39. The third-order valence-electron chi connectivity index (χ3n) is 3.90. The predicted octanol–water partition coefficient (Wildman–Crippen LogP) is 3.25. The molecule has 1 amide bonds. The van der Waals surface area contributed by atoms with E-state index in [-0.39, 0.29) is 22.4 Å². The van der Waals surface area contributed by atoms with Crippen molar-refractivity contribution in [3.05, 3.63) is 53.1 Å². The number of ether oxygens (including phenoxy) is 1. The number of amides is 1. The molecule has 140 valence electrons. The number of methoxy groups -OCH3 is 1. The number of rotatable bonds is 6. The van der Waals surface area contributed by atoms with Gasteiger partial charge in [-0.3, -0.25) is 9.52 Å². The molecular weight excluding hydrogens is 352 g/mol. The van der Waals surface area contributed by atoms with Crippen molar-refractivity contribution < 1.29 is 17.9 Å². The van der Waals surface area contributed by atoms with Gasteiger partial charge in [-0.2, -0.15) is 0 Å². The molecule has 6 nitrogen and oxygen atoms in total. The van der Waals surface area contributed by atoms with Crippen LogP contribution in [0.3, 0.4) is 0 Å². The summed E-state index contributed by atoms with van der Waals surface area (Å²) in [5, 5.41) is 2.74. The van der Waals surface area contributed by atoms with Crippen LogP contribution in [0.25, 0.3) is 0 Å². The van der Waals surface area contributed by atoms with Gasteiger partial charge < -0.3 is 10.1 Å². The van der Waals surface area contributed by atoms with E-state index >= 15 is 0 Å². The summed E-state index contributed by atoms with van der Waals surface area (Å²) < 4.78 is 33.2. The van der Waals surface area contributed by atoms with E-state index in [2.05, 4.69) is 10.0 Å². The first-order chi connectivity index (χ1) is 12.1. The summed E-state index contributed by atoms with van der Waals surface area (Å²) in [5.74, 6) is -0.0756. The van der Waals surface area contributed by atoms with Crippen molar-refractivity contribution >= 4 is 21.6 Å². The van der Waals surface area contributed by atoms with Crippen molar-refractivity contribution in [1.82, 2.24) is 5.32 Å². The molecule has 0 heterocycles. The third-order valence-corrected chi connectivity index (χ3v) is 5.28. The molecule has 7 heteroatoms. The van der Waals surface area contributed by atoms with Crippen LogP contribution in [0.5, 0.6) is 5.75 Å². The highest BCUT2D eigenvalue weighted by Gasteiger charge is 2.20. The van der Waals surface area contributed by atoms with E-state index < -0.39 is 10.0 Å². The number of carbonyl (C=O) groups excluding carboxylic acids is 1. The second kappa shape index (κ2) is 7.78. The van der Waals surface area contributed by atoms with Gasteiger partial charge in [0.05, 0.1) is 17.6 Å². The number of hydrogen-bond donors (Lipinski definition) is 2. The largest absolute Gasteiger partial charge is 0.496 e. The van der Waals surface area contributed by atoms with Gasteiger partial charge in [0.2, 0.25) is 0 Å². The van der Waals surface area contributed by atoms with Crippen LogP contribution in [0.2, 0.25) is 0 Å². The zero-order chi connectivity index (χ0) is 19.5. The van der Waals surface area contributed by atoms with Gasteiger partial charge in [0, 0.05) is 11.7 Å². The van der Waals surface area contributed by atoms with Crippen molar-refractivity contribution in [2.45, 2.75) is 38.6 Å². The number of carbonyl (C=O) groups is 1. The Balaban J connectivity index is 2.39. The number of nitrogens with one attached hydrogen (secondary N) is 2. The normalized spacial score (nSPS) is 11.3. The minimum atomic E-state index is -3.84. The molecule has 0 unspecified atom stereocenters. The predicted molar refractivity (Wildman–Crippen MR) is 102 cm³/mol. The fraction of sp³-hybridized carbons (Fsp3) is 0.316. The van der Waals surface area contributed by atoms with Crippen LogP contribution in [0.4, 0.5) is 5.69 Å². The molecule has 0 aliphatic heterocycles.